The molecule has 110 valence electrons. The SMILES string of the molecule is Cc1ncsc1Cn1c(C(C)Cl)nc2cc(F)c(Cl)cc21. The van der Waals surface area contributed by atoms with Gasteiger partial charge in [0.15, 0.2) is 0 Å². The van der Waals surface area contributed by atoms with Gasteiger partial charge in [0.05, 0.1) is 39.2 Å². The predicted molar refractivity (Wildman–Crippen MR) is 84.9 cm³/mol. The van der Waals surface area contributed by atoms with Gasteiger partial charge in [-0.25, -0.2) is 14.4 Å². The minimum Gasteiger partial charge on any atom is -0.321 e. The van der Waals surface area contributed by atoms with Crippen LogP contribution < -0.4 is 0 Å². The van der Waals surface area contributed by atoms with Crippen molar-refractivity contribution in [3.05, 3.63) is 44.9 Å². The van der Waals surface area contributed by atoms with Crippen molar-refractivity contribution in [3.8, 4) is 0 Å². The van der Waals surface area contributed by atoms with Gasteiger partial charge in [-0.15, -0.1) is 22.9 Å². The molecular formula is C14H12Cl2FN3S. The van der Waals surface area contributed by atoms with Gasteiger partial charge < -0.3 is 4.57 Å². The Kier molecular flexibility index (Phi) is 3.90. The summed E-state index contributed by atoms with van der Waals surface area (Å²) in [5.74, 6) is 0.220. The van der Waals surface area contributed by atoms with E-state index in [4.69, 9.17) is 23.2 Å². The van der Waals surface area contributed by atoms with Crippen molar-refractivity contribution in [2.45, 2.75) is 25.8 Å². The molecule has 3 nitrogen and oxygen atoms in total. The first-order valence-corrected chi connectivity index (χ1v) is 8.05. The molecule has 0 saturated carbocycles. The maximum atomic E-state index is 13.6. The number of fused-ring (bicyclic) bond motifs is 1. The lowest BCUT2D eigenvalue weighted by Gasteiger charge is -2.10. The van der Waals surface area contributed by atoms with Crippen LogP contribution in [0.3, 0.4) is 0 Å². The van der Waals surface area contributed by atoms with Crippen molar-refractivity contribution in [3.63, 3.8) is 0 Å². The normalized spacial score (nSPS) is 13.0. The molecule has 2 aromatic heterocycles. The topological polar surface area (TPSA) is 30.7 Å². The van der Waals surface area contributed by atoms with E-state index in [0.29, 0.717) is 17.9 Å². The first-order valence-electron chi connectivity index (χ1n) is 6.35. The van der Waals surface area contributed by atoms with E-state index in [1.54, 1.807) is 22.9 Å². The molecule has 0 fully saturated rings. The molecule has 1 aromatic carbocycles. The molecule has 0 N–H and O–H groups in total. The Balaban J connectivity index is 2.20. The smallest absolute Gasteiger partial charge is 0.144 e. The Hall–Kier alpha value is -1.17. The lowest BCUT2D eigenvalue weighted by molar-refractivity contribution is 0.629. The van der Waals surface area contributed by atoms with Crippen molar-refractivity contribution >= 4 is 45.6 Å². The molecule has 0 spiro atoms. The van der Waals surface area contributed by atoms with Gasteiger partial charge in [0.2, 0.25) is 0 Å². The second-order valence-electron chi connectivity index (χ2n) is 4.79. The molecule has 1 atom stereocenters. The number of aryl methyl sites for hydroxylation is 1. The van der Waals surface area contributed by atoms with E-state index in [0.717, 1.165) is 16.1 Å². The number of halogens is 3. The molecule has 21 heavy (non-hydrogen) atoms. The summed E-state index contributed by atoms with van der Waals surface area (Å²) in [5, 5.41) is -0.203. The highest BCUT2D eigenvalue weighted by atomic mass is 35.5. The standard InChI is InChI=1S/C14H12Cl2FN3S/c1-7(15)14-19-11-4-10(17)9(16)3-12(11)20(14)5-13-8(2)18-6-21-13/h3-4,6-7H,5H2,1-2H3. The van der Waals surface area contributed by atoms with Gasteiger partial charge in [-0.1, -0.05) is 11.6 Å². The average molecular weight is 344 g/mol. The molecule has 2 heterocycles. The van der Waals surface area contributed by atoms with E-state index < -0.39 is 5.82 Å². The molecule has 1 unspecified atom stereocenters. The van der Waals surface area contributed by atoms with Crippen molar-refractivity contribution in [1.82, 2.24) is 14.5 Å². The van der Waals surface area contributed by atoms with Crippen LogP contribution in [0.2, 0.25) is 5.02 Å². The average Bonchev–Trinajstić information content (AvgIpc) is 2.97. The molecule has 0 saturated heterocycles. The third kappa shape index (κ3) is 2.65. The summed E-state index contributed by atoms with van der Waals surface area (Å²) < 4.78 is 15.6. The number of aromatic nitrogens is 3. The molecule has 3 aromatic rings. The van der Waals surface area contributed by atoms with Crippen molar-refractivity contribution in [2.75, 3.05) is 0 Å². The van der Waals surface area contributed by atoms with E-state index in [1.807, 2.05) is 18.4 Å². The summed E-state index contributed by atoms with van der Waals surface area (Å²) in [6.07, 6.45) is 0. The molecule has 3 rings (SSSR count). The number of rotatable bonds is 3. The van der Waals surface area contributed by atoms with Crippen LogP contribution >= 0.6 is 34.5 Å². The number of imidazole rings is 1. The van der Waals surface area contributed by atoms with Crippen LogP contribution in [0.25, 0.3) is 11.0 Å². The molecule has 0 amide bonds. The molecule has 0 radical (unpaired) electrons. The zero-order valence-corrected chi connectivity index (χ0v) is 13.7. The summed E-state index contributed by atoms with van der Waals surface area (Å²) in [4.78, 5) is 9.81. The summed E-state index contributed by atoms with van der Waals surface area (Å²) in [7, 11) is 0. The molecule has 0 bridgehead atoms. The highest BCUT2D eigenvalue weighted by Gasteiger charge is 2.18. The minimum absolute atomic E-state index is 0.0819. The number of hydrogen-bond acceptors (Lipinski definition) is 3. The maximum absolute atomic E-state index is 13.6. The van der Waals surface area contributed by atoms with Crippen LogP contribution in [0.1, 0.15) is 28.7 Å². The first kappa shape index (κ1) is 14.8. The van der Waals surface area contributed by atoms with Gasteiger partial charge in [0.25, 0.3) is 0 Å². The minimum atomic E-state index is -0.475. The van der Waals surface area contributed by atoms with Crippen LogP contribution in [0, 0.1) is 12.7 Å². The van der Waals surface area contributed by atoms with Crippen LogP contribution in [0.4, 0.5) is 4.39 Å². The van der Waals surface area contributed by atoms with Crippen LogP contribution in [-0.4, -0.2) is 14.5 Å². The fourth-order valence-corrected chi connectivity index (χ4v) is 3.32. The number of nitrogens with zero attached hydrogens (tertiary/aromatic N) is 3. The second kappa shape index (κ2) is 5.55. The highest BCUT2D eigenvalue weighted by molar-refractivity contribution is 7.09. The number of hydrogen-bond donors (Lipinski definition) is 0. The number of alkyl halides is 1. The second-order valence-corrected chi connectivity index (χ2v) is 6.79. The largest absolute Gasteiger partial charge is 0.321 e. The number of benzene rings is 1. The Labute approximate surface area is 135 Å². The predicted octanol–water partition coefficient (Wildman–Crippen LogP) is 4.94. The Morgan fingerprint density at radius 2 is 2.19 bits per heavy atom. The number of thiazole rings is 1. The van der Waals surface area contributed by atoms with Crippen LogP contribution in [0.5, 0.6) is 0 Å². The van der Waals surface area contributed by atoms with E-state index >= 15 is 0 Å². The summed E-state index contributed by atoms with van der Waals surface area (Å²) >= 11 is 13.7. The Morgan fingerprint density at radius 3 is 2.81 bits per heavy atom. The zero-order valence-electron chi connectivity index (χ0n) is 11.4. The first-order chi connectivity index (χ1) is 9.97. The maximum Gasteiger partial charge on any atom is 0.144 e. The molecule has 0 aliphatic rings. The van der Waals surface area contributed by atoms with Gasteiger partial charge in [-0.05, 0) is 19.9 Å². The van der Waals surface area contributed by atoms with Gasteiger partial charge in [0, 0.05) is 10.9 Å². The van der Waals surface area contributed by atoms with E-state index in [9.17, 15) is 4.39 Å². The summed E-state index contributed by atoms with van der Waals surface area (Å²) in [6.45, 7) is 4.40. The van der Waals surface area contributed by atoms with Crippen LogP contribution in [-0.2, 0) is 6.54 Å². The summed E-state index contributed by atoms with van der Waals surface area (Å²) in [6, 6.07) is 2.94. The lowest BCUT2D eigenvalue weighted by atomic mass is 10.3. The third-order valence-corrected chi connectivity index (χ3v) is 4.73. The van der Waals surface area contributed by atoms with Crippen LogP contribution in [0.15, 0.2) is 17.6 Å². The molecule has 0 aliphatic heterocycles. The quantitative estimate of drug-likeness (QED) is 0.630. The molecule has 7 heteroatoms. The van der Waals surface area contributed by atoms with Gasteiger partial charge >= 0.3 is 0 Å². The fraction of sp³-hybridized carbons (Fsp3) is 0.286. The van der Waals surface area contributed by atoms with E-state index in [-0.39, 0.29) is 10.4 Å². The molecule has 0 aliphatic carbocycles. The van der Waals surface area contributed by atoms with Gasteiger partial charge in [-0.2, -0.15) is 0 Å². The fourth-order valence-electron chi connectivity index (χ4n) is 2.23. The van der Waals surface area contributed by atoms with Crippen molar-refractivity contribution in [1.29, 1.82) is 0 Å². The third-order valence-electron chi connectivity index (χ3n) is 3.32. The Bertz CT molecular complexity index is 810. The van der Waals surface area contributed by atoms with Gasteiger partial charge in [0.1, 0.15) is 11.6 Å². The van der Waals surface area contributed by atoms with Crippen molar-refractivity contribution < 1.29 is 4.39 Å². The van der Waals surface area contributed by atoms with E-state index in [2.05, 4.69) is 9.97 Å². The molecular weight excluding hydrogens is 332 g/mol. The van der Waals surface area contributed by atoms with E-state index in [1.165, 1.54) is 6.07 Å². The monoisotopic (exact) mass is 343 g/mol. The highest BCUT2D eigenvalue weighted by Crippen LogP contribution is 2.29. The Morgan fingerprint density at radius 1 is 1.43 bits per heavy atom. The lowest BCUT2D eigenvalue weighted by Crippen LogP contribution is -2.05. The van der Waals surface area contributed by atoms with Crippen molar-refractivity contribution in [2.24, 2.45) is 0 Å². The summed E-state index contributed by atoms with van der Waals surface area (Å²) in [5.41, 5.74) is 4.11. The van der Waals surface area contributed by atoms with Gasteiger partial charge in [-0.3, -0.25) is 0 Å². The zero-order chi connectivity index (χ0) is 15.1.